The van der Waals surface area contributed by atoms with Crippen molar-refractivity contribution in [3.63, 3.8) is 0 Å². The number of nitrogens with zero attached hydrogens (tertiary/aromatic N) is 1. The fourth-order valence-electron chi connectivity index (χ4n) is 3.45. The molecule has 0 atom stereocenters. The van der Waals surface area contributed by atoms with Crippen molar-refractivity contribution in [3.8, 4) is 17.2 Å². The summed E-state index contributed by atoms with van der Waals surface area (Å²) in [7, 11) is 2.26. The van der Waals surface area contributed by atoms with Crippen molar-refractivity contribution < 1.29 is 32.2 Å². The molecule has 8 nitrogen and oxygen atoms in total. The van der Waals surface area contributed by atoms with E-state index in [2.05, 4.69) is 4.74 Å². The van der Waals surface area contributed by atoms with E-state index < -0.39 is 16.0 Å². The quantitative estimate of drug-likeness (QED) is 0.603. The van der Waals surface area contributed by atoms with Crippen molar-refractivity contribution >= 4 is 21.6 Å². The SMILES string of the molecule is COC(=O)c1ccc(S(=O)(=O)N2CC=C(c3c(OC)cc(OC)cc3OC)CC2)cc1. The smallest absolute Gasteiger partial charge is 0.337 e. The molecular weight excluding hydrogens is 422 g/mol. The average Bonchev–Trinajstić information content (AvgIpc) is 2.82. The highest BCUT2D eigenvalue weighted by Gasteiger charge is 2.28. The van der Waals surface area contributed by atoms with Crippen LogP contribution in [0.25, 0.3) is 5.57 Å². The zero-order chi connectivity index (χ0) is 22.6. The molecule has 0 saturated heterocycles. The van der Waals surface area contributed by atoms with Crippen LogP contribution in [0.5, 0.6) is 17.2 Å². The van der Waals surface area contributed by atoms with Gasteiger partial charge in [-0.1, -0.05) is 6.08 Å². The molecule has 0 spiro atoms. The Labute approximate surface area is 182 Å². The largest absolute Gasteiger partial charge is 0.496 e. The van der Waals surface area contributed by atoms with E-state index in [1.807, 2.05) is 6.08 Å². The minimum absolute atomic E-state index is 0.122. The Kier molecular flexibility index (Phi) is 6.87. The molecule has 9 heteroatoms. The molecule has 1 aliphatic heterocycles. The number of rotatable bonds is 7. The second-order valence-corrected chi connectivity index (χ2v) is 8.70. The Morgan fingerprint density at radius 3 is 2.00 bits per heavy atom. The summed E-state index contributed by atoms with van der Waals surface area (Å²) >= 11 is 0. The third-order valence-electron chi connectivity index (χ3n) is 5.12. The maximum absolute atomic E-state index is 13.0. The second kappa shape index (κ2) is 9.40. The fraction of sp³-hybridized carbons (Fsp3) is 0.318. The van der Waals surface area contributed by atoms with Gasteiger partial charge in [-0.3, -0.25) is 0 Å². The summed E-state index contributed by atoms with van der Waals surface area (Å²) in [5, 5.41) is 0. The van der Waals surface area contributed by atoms with Gasteiger partial charge in [-0.25, -0.2) is 13.2 Å². The summed E-state index contributed by atoms with van der Waals surface area (Å²) in [5.41, 5.74) is 2.01. The van der Waals surface area contributed by atoms with E-state index >= 15 is 0 Å². The van der Waals surface area contributed by atoms with Gasteiger partial charge < -0.3 is 18.9 Å². The first kappa shape index (κ1) is 22.6. The molecule has 0 N–H and O–H groups in total. The van der Waals surface area contributed by atoms with Crippen LogP contribution in [0.4, 0.5) is 0 Å². The molecule has 2 aromatic rings. The average molecular weight is 448 g/mol. The van der Waals surface area contributed by atoms with E-state index in [-0.39, 0.29) is 11.4 Å². The number of carbonyl (C=O) groups excluding carboxylic acids is 1. The first-order valence-electron chi connectivity index (χ1n) is 9.53. The van der Waals surface area contributed by atoms with Crippen LogP contribution in [-0.4, -0.2) is 60.2 Å². The van der Waals surface area contributed by atoms with Gasteiger partial charge in [0.15, 0.2) is 0 Å². The Morgan fingerprint density at radius 1 is 0.935 bits per heavy atom. The van der Waals surface area contributed by atoms with Gasteiger partial charge in [-0.15, -0.1) is 0 Å². The monoisotopic (exact) mass is 447 g/mol. The second-order valence-electron chi connectivity index (χ2n) is 6.77. The zero-order valence-electron chi connectivity index (χ0n) is 17.9. The van der Waals surface area contributed by atoms with E-state index in [9.17, 15) is 13.2 Å². The van der Waals surface area contributed by atoms with Crippen molar-refractivity contribution in [1.29, 1.82) is 0 Å². The lowest BCUT2D eigenvalue weighted by Gasteiger charge is -2.27. The minimum atomic E-state index is -3.70. The zero-order valence-corrected chi connectivity index (χ0v) is 18.7. The van der Waals surface area contributed by atoms with Gasteiger partial charge in [0.1, 0.15) is 17.2 Å². The molecule has 0 saturated carbocycles. The van der Waals surface area contributed by atoms with E-state index in [4.69, 9.17) is 14.2 Å². The van der Waals surface area contributed by atoms with Gasteiger partial charge in [0.05, 0.1) is 44.5 Å². The summed E-state index contributed by atoms with van der Waals surface area (Å²) in [6.45, 7) is 0.500. The van der Waals surface area contributed by atoms with Crippen molar-refractivity contribution in [3.05, 3.63) is 53.6 Å². The Balaban J connectivity index is 1.87. The number of esters is 1. The highest BCUT2D eigenvalue weighted by atomic mass is 32.2. The highest BCUT2D eigenvalue weighted by molar-refractivity contribution is 7.89. The highest BCUT2D eigenvalue weighted by Crippen LogP contribution is 2.41. The predicted molar refractivity (Wildman–Crippen MR) is 115 cm³/mol. The molecule has 1 aliphatic rings. The van der Waals surface area contributed by atoms with E-state index in [0.29, 0.717) is 35.8 Å². The molecule has 0 bridgehead atoms. The third-order valence-corrected chi connectivity index (χ3v) is 7.00. The summed E-state index contributed by atoms with van der Waals surface area (Å²) < 4.78 is 48.4. The van der Waals surface area contributed by atoms with Gasteiger partial charge >= 0.3 is 5.97 Å². The first-order chi connectivity index (χ1) is 14.8. The van der Waals surface area contributed by atoms with Crippen LogP contribution >= 0.6 is 0 Å². The molecule has 3 rings (SSSR count). The minimum Gasteiger partial charge on any atom is -0.496 e. The van der Waals surface area contributed by atoms with E-state index in [1.54, 1.807) is 33.5 Å². The van der Waals surface area contributed by atoms with Crippen LogP contribution in [0.2, 0.25) is 0 Å². The number of hydrogen-bond donors (Lipinski definition) is 0. The first-order valence-corrected chi connectivity index (χ1v) is 11.0. The van der Waals surface area contributed by atoms with Crippen molar-refractivity contribution in [2.45, 2.75) is 11.3 Å². The van der Waals surface area contributed by atoms with Crippen LogP contribution in [0.15, 0.2) is 47.4 Å². The lowest BCUT2D eigenvalue weighted by molar-refractivity contribution is 0.0600. The van der Waals surface area contributed by atoms with Crippen molar-refractivity contribution in [2.24, 2.45) is 0 Å². The Hall–Kier alpha value is -3.04. The van der Waals surface area contributed by atoms with Gasteiger partial charge in [0.2, 0.25) is 10.0 Å². The topological polar surface area (TPSA) is 91.4 Å². The number of sulfonamides is 1. The van der Waals surface area contributed by atoms with E-state index in [1.165, 1.54) is 35.7 Å². The predicted octanol–water partition coefficient (Wildman–Crippen LogP) is 2.98. The summed E-state index contributed by atoms with van der Waals surface area (Å²) in [4.78, 5) is 11.7. The molecule has 0 unspecified atom stereocenters. The van der Waals surface area contributed by atoms with Crippen LogP contribution in [0.1, 0.15) is 22.3 Å². The van der Waals surface area contributed by atoms with Crippen molar-refractivity contribution in [1.82, 2.24) is 4.31 Å². The molecule has 1 heterocycles. The number of ether oxygens (including phenoxy) is 4. The molecule has 0 amide bonds. The molecule has 0 aliphatic carbocycles. The molecule has 166 valence electrons. The molecule has 0 aromatic heterocycles. The summed E-state index contributed by atoms with van der Waals surface area (Å²) in [5.74, 6) is 1.28. The van der Waals surface area contributed by atoms with Crippen LogP contribution in [0, 0.1) is 0 Å². The molecule has 0 fully saturated rings. The van der Waals surface area contributed by atoms with Crippen molar-refractivity contribution in [2.75, 3.05) is 41.5 Å². The van der Waals surface area contributed by atoms with Crippen LogP contribution < -0.4 is 14.2 Å². The standard InChI is InChI=1S/C22H25NO7S/c1-27-17-13-19(28-2)21(20(14-17)29-3)15-9-11-23(12-10-15)31(25,26)18-7-5-16(6-8-18)22(24)30-4/h5-9,13-14H,10-12H2,1-4H3. The normalized spacial score (nSPS) is 14.5. The Bertz CT molecular complexity index is 1070. The van der Waals surface area contributed by atoms with Gasteiger partial charge in [-0.05, 0) is 36.3 Å². The molecule has 31 heavy (non-hydrogen) atoms. The maximum Gasteiger partial charge on any atom is 0.337 e. The number of methoxy groups -OCH3 is 4. The maximum atomic E-state index is 13.0. The fourth-order valence-corrected chi connectivity index (χ4v) is 4.83. The lowest BCUT2D eigenvalue weighted by atomic mass is 9.98. The summed E-state index contributed by atoms with van der Waals surface area (Å²) in [6.07, 6.45) is 2.34. The van der Waals surface area contributed by atoms with Gasteiger partial charge in [0.25, 0.3) is 0 Å². The lowest BCUT2D eigenvalue weighted by Crippen LogP contribution is -2.34. The van der Waals surface area contributed by atoms with Gasteiger partial charge in [-0.2, -0.15) is 4.31 Å². The number of benzene rings is 2. The van der Waals surface area contributed by atoms with E-state index in [0.717, 1.165) is 11.1 Å². The number of hydrogen-bond acceptors (Lipinski definition) is 7. The third kappa shape index (κ3) is 4.52. The van der Waals surface area contributed by atoms with Gasteiger partial charge in [0, 0.05) is 25.2 Å². The molecular formula is C22H25NO7S. The number of carbonyl (C=O) groups is 1. The molecule has 0 radical (unpaired) electrons. The Morgan fingerprint density at radius 2 is 1.55 bits per heavy atom. The summed E-state index contributed by atoms with van der Waals surface area (Å²) in [6, 6.07) is 9.25. The van der Waals surface area contributed by atoms with Crippen LogP contribution in [0.3, 0.4) is 0 Å². The molecule has 2 aromatic carbocycles. The van der Waals surface area contributed by atoms with Crippen LogP contribution in [-0.2, 0) is 14.8 Å².